The first-order valence-corrected chi connectivity index (χ1v) is 8.72. The molecule has 2 aliphatic rings. The largest absolute Gasteiger partial charge is 0.354 e. The molecule has 7 heteroatoms. The summed E-state index contributed by atoms with van der Waals surface area (Å²) < 4.78 is 15.9. The highest BCUT2D eigenvalue weighted by Gasteiger charge is 2.43. The molecule has 4 rings (SSSR count). The van der Waals surface area contributed by atoms with E-state index in [1.54, 1.807) is 6.07 Å². The van der Waals surface area contributed by atoms with E-state index in [2.05, 4.69) is 15.5 Å². The molecule has 2 aliphatic carbocycles. The van der Waals surface area contributed by atoms with E-state index >= 15 is 0 Å². The topological polar surface area (TPSA) is 62.7 Å². The number of amides is 1. The fourth-order valence-corrected chi connectivity index (χ4v) is 3.44. The molecule has 126 valence electrons. The molecule has 1 heterocycles. The van der Waals surface area contributed by atoms with Crippen LogP contribution < -0.4 is 5.32 Å². The maximum Gasteiger partial charge on any atom is 0.223 e. The molecule has 1 aromatic heterocycles. The molecule has 24 heavy (non-hydrogen) atoms. The summed E-state index contributed by atoms with van der Waals surface area (Å²) in [5.41, 5.74) is 0.906. The van der Waals surface area contributed by atoms with Crippen molar-refractivity contribution in [2.24, 2.45) is 5.92 Å². The minimum atomic E-state index is -0.250. The van der Waals surface area contributed by atoms with Gasteiger partial charge in [-0.15, -0.1) is 0 Å². The minimum absolute atomic E-state index is 0.0345. The molecular formula is C17H19FN4OS. The number of nitrogens with one attached hydrogen (secondary N) is 2. The lowest BCUT2D eigenvalue weighted by molar-refractivity contribution is -0.122. The first-order chi connectivity index (χ1) is 11.6. The van der Waals surface area contributed by atoms with Gasteiger partial charge in [-0.2, -0.15) is 5.10 Å². The number of H-pyrrole nitrogens is 1. The summed E-state index contributed by atoms with van der Waals surface area (Å²) in [6.45, 7) is 1.16. The molecular weight excluding hydrogens is 327 g/mol. The van der Waals surface area contributed by atoms with Gasteiger partial charge in [0.2, 0.25) is 5.91 Å². The van der Waals surface area contributed by atoms with Gasteiger partial charge >= 0.3 is 0 Å². The van der Waals surface area contributed by atoms with Crippen LogP contribution in [0.5, 0.6) is 0 Å². The van der Waals surface area contributed by atoms with Gasteiger partial charge in [-0.3, -0.25) is 9.89 Å². The second-order valence-electron chi connectivity index (χ2n) is 6.61. The van der Waals surface area contributed by atoms with Gasteiger partial charge in [0.25, 0.3) is 0 Å². The predicted molar refractivity (Wildman–Crippen MR) is 89.6 cm³/mol. The van der Waals surface area contributed by atoms with Crippen LogP contribution >= 0.6 is 12.2 Å². The molecule has 0 unspecified atom stereocenters. The number of carbonyl (C=O) groups excluding carboxylic acids is 1. The van der Waals surface area contributed by atoms with Crippen LogP contribution in [0.15, 0.2) is 24.3 Å². The molecule has 0 saturated heterocycles. The van der Waals surface area contributed by atoms with Gasteiger partial charge in [0.05, 0.1) is 0 Å². The summed E-state index contributed by atoms with van der Waals surface area (Å²) >= 11 is 5.25. The van der Waals surface area contributed by atoms with E-state index in [1.165, 1.54) is 12.1 Å². The van der Waals surface area contributed by atoms with Crippen molar-refractivity contribution in [1.29, 1.82) is 0 Å². The molecule has 1 amide bonds. The van der Waals surface area contributed by atoms with Crippen LogP contribution in [0, 0.1) is 16.5 Å². The van der Waals surface area contributed by atoms with Crippen molar-refractivity contribution in [2.45, 2.75) is 37.6 Å². The van der Waals surface area contributed by atoms with Crippen LogP contribution in [0.4, 0.5) is 4.39 Å². The smallest absolute Gasteiger partial charge is 0.223 e. The highest BCUT2D eigenvalue weighted by Crippen LogP contribution is 2.47. The fraction of sp³-hybridized carbons (Fsp3) is 0.471. The molecule has 0 bridgehead atoms. The Balaban J connectivity index is 1.30. The van der Waals surface area contributed by atoms with E-state index < -0.39 is 0 Å². The Morgan fingerprint density at radius 1 is 1.46 bits per heavy atom. The van der Waals surface area contributed by atoms with Crippen molar-refractivity contribution in [3.63, 3.8) is 0 Å². The summed E-state index contributed by atoms with van der Waals surface area (Å²) in [6, 6.07) is 6.52. The number of benzene rings is 1. The van der Waals surface area contributed by atoms with Gasteiger partial charge < -0.3 is 9.88 Å². The van der Waals surface area contributed by atoms with Crippen molar-refractivity contribution < 1.29 is 9.18 Å². The number of aromatic amines is 1. The van der Waals surface area contributed by atoms with Crippen molar-refractivity contribution in [2.75, 3.05) is 6.54 Å². The Bertz CT molecular complexity index is 826. The molecule has 1 aromatic carbocycles. The Morgan fingerprint density at radius 2 is 2.29 bits per heavy atom. The average molecular weight is 346 g/mol. The second kappa shape index (κ2) is 6.12. The molecule has 2 atom stereocenters. The number of hydrogen-bond donors (Lipinski definition) is 2. The van der Waals surface area contributed by atoms with Gasteiger partial charge in [-0.05, 0) is 55.1 Å². The summed E-state index contributed by atoms with van der Waals surface area (Å²) in [5, 5.41) is 10.1. The summed E-state index contributed by atoms with van der Waals surface area (Å²) in [6.07, 6.45) is 3.10. The van der Waals surface area contributed by atoms with Crippen LogP contribution in [0.3, 0.4) is 0 Å². The maximum absolute atomic E-state index is 13.3. The fourth-order valence-electron chi connectivity index (χ4n) is 3.21. The molecule has 2 aromatic rings. The first kappa shape index (κ1) is 15.5. The number of halogens is 1. The van der Waals surface area contributed by atoms with E-state index in [1.807, 2.05) is 10.6 Å². The van der Waals surface area contributed by atoms with Gasteiger partial charge in [-0.25, -0.2) is 4.39 Å². The Morgan fingerprint density at radius 3 is 3.04 bits per heavy atom. The van der Waals surface area contributed by atoms with Crippen molar-refractivity contribution in [1.82, 2.24) is 20.1 Å². The predicted octanol–water partition coefficient (Wildman–Crippen LogP) is 2.88. The molecule has 2 fully saturated rings. The average Bonchev–Trinajstić information content (AvgIpc) is 3.47. The summed E-state index contributed by atoms with van der Waals surface area (Å²) in [7, 11) is 0. The zero-order valence-electron chi connectivity index (χ0n) is 13.2. The molecule has 0 spiro atoms. The van der Waals surface area contributed by atoms with Crippen LogP contribution in [0.1, 0.15) is 42.5 Å². The number of rotatable bonds is 6. The van der Waals surface area contributed by atoms with Crippen LogP contribution in [0.25, 0.3) is 0 Å². The molecule has 0 aliphatic heterocycles. The lowest BCUT2D eigenvalue weighted by Gasteiger charge is -2.08. The Hall–Kier alpha value is -2.02. The second-order valence-corrected chi connectivity index (χ2v) is 6.99. The van der Waals surface area contributed by atoms with E-state index in [0.717, 1.165) is 30.7 Å². The molecule has 0 radical (unpaired) electrons. The van der Waals surface area contributed by atoms with Gasteiger partial charge in [0.1, 0.15) is 11.6 Å². The maximum atomic E-state index is 13.3. The van der Waals surface area contributed by atoms with E-state index in [4.69, 9.17) is 12.2 Å². The Kier molecular flexibility index (Phi) is 3.96. The third-order valence-electron chi connectivity index (χ3n) is 4.77. The van der Waals surface area contributed by atoms with Crippen molar-refractivity contribution >= 4 is 18.1 Å². The van der Waals surface area contributed by atoms with Crippen molar-refractivity contribution in [3.8, 4) is 0 Å². The number of carbonyl (C=O) groups is 1. The van der Waals surface area contributed by atoms with E-state index in [-0.39, 0.29) is 23.6 Å². The third kappa shape index (κ3) is 3.13. The van der Waals surface area contributed by atoms with Gasteiger partial charge in [-0.1, -0.05) is 12.1 Å². The molecule has 2 N–H and O–H groups in total. The lowest BCUT2D eigenvalue weighted by atomic mass is 10.1. The summed E-state index contributed by atoms with van der Waals surface area (Å²) in [5.74, 6) is 1.38. The highest BCUT2D eigenvalue weighted by atomic mass is 32.1. The number of nitrogens with zero attached hydrogens (tertiary/aromatic N) is 2. The number of hydrogen-bond acceptors (Lipinski definition) is 3. The van der Waals surface area contributed by atoms with Crippen LogP contribution in [0.2, 0.25) is 0 Å². The van der Waals surface area contributed by atoms with E-state index in [0.29, 0.717) is 23.8 Å². The first-order valence-electron chi connectivity index (χ1n) is 8.32. The molecule has 5 nitrogen and oxygen atoms in total. The zero-order valence-corrected chi connectivity index (χ0v) is 14.0. The number of aromatic nitrogens is 3. The molecule has 2 saturated carbocycles. The van der Waals surface area contributed by atoms with Crippen LogP contribution in [-0.4, -0.2) is 27.2 Å². The Labute approximate surface area is 144 Å². The van der Waals surface area contributed by atoms with Gasteiger partial charge in [0.15, 0.2) is 4.77 Å². The zero-order chi connectivity index (χ0) is 16.7. The van der Waals surface area contributed by atoms with E-state index in [9.17, 15) is 9.18 Å². The summed E-state index contributed by atoms with van der Waals surface area (Å²) in [4.78, 5) is 12.3. The normalized spacial score (nSPS) is 22.4. The van der Waals surface area contributed by atoms with Gasteiger partial charge in [0, 0.05) is 24.9 Å². The monoisotopic (exact) mass is 346 g/mol. The van der Waals surface area contributed by atoms with Crippen molar-refractivity contribution in [3.05, 3.63) is 46.2 Å². The quantitative estimate of drug-likeness (QED) is 0.791. The standard InChI is InChI=1S/C17H19FN4OS/c18-12-3-1-2-11(8-12)13-9-14(13)16(23)19-6-7-22-15(10-4-5-10)20-21-17(22)24/h1-3,8,10,13-14H,4-7,9H2,(H,19,23)(H,21,24)/t13-,14+/m0/s1. The van der Waals surface area contributed by atoms with Crippen LogP contribution in [-0.2, 0) is 11.3 Å². The minimum Gasteiger partial charge on any atom is -0.354 e. The SMILES string of the molecule is O=C(NCCn1c(C2CC2)n[nH]c1=S)[C@@H]1C[C@H]1c1cccc(F)c1. The lowest BCUT2D eigenvalue weighted by Crippen LogP contribution is -2.29. The third-order valence-corrected chi connectivity index (χ3v) is 5.08. The highest BCUT2D eigenvalue weighted by molar-refractivity contribution is 7.71.